The van der Waals surface area contributed by atoms with E-state index in [2.05, 4.69) is 20.0 Å². The van der Waals surface area contributed by atoms with Crippen LogP contribution in [-0.2, 0) is 10.0 Å². The van der Waals surface area contributed by atoms with Crippen LogP contribution in [-0.4, -0.2) is 30.5 Å². The number of hydrogen-bond donors (Lipinski definition) is 2. The third-order valence-corrected chi connectivity index (χ3v) is 4.01. The lowest BCUT2D eigenvalue weighted by Crippen LogP contribution is -2.14. The van der Waals surface area contributed by atoms with Gasteiger partial charge in [0, 0.05) is 17.3 Å². The first-order valence-electron chi connectivity index (χ1n) is 8.04. The molecule has 0 fully saturated rings. The quantitative estimate of drug-likeness (QED) is 0.634. The minimum Gasteiger partial charge on any atom is -0.434 e. The number of nitrogens with one attached hydrogen (secondary N) is 2. The monoisotopic (exact) mass is 420 g/mol. The number of ether oxygens (including phenoxy) is 1. The fraction of sp³-hybridized carbons (Fsp3) is 0.0556. The van der Waals surface area contributed by atoms with Crippen molar-refractivity contribution in [2.24, 2.45) is 0 Å². The van der Waals surface area contributed by atoms with Crippen molar-refractivity contribution in [2.45, 2.75) is 0 Å². The molecule has 0 aliphatic carbocycles. The van der Waals surface area contributed by atoms with Gasteiger partial charge < -0.3 is 10.1 Å². The van der Waals surface area contributed by atoms with Gasteiger partial charge in [-0.25, -0.2) is 27.2 Å². The number of rotatable bonds is 6. The molecule has 2 aromatic carbocycles. The van der Waals surface area contributed by atoms with Crippen LogP contribution in [0, 0.1) is 11.6 Å². The number of hydrogen-bond acceptors (Lipinski definition) is 6. The van der Waals surface area contributed by atoms with E-state index in [0.717, 1.165) is 24.6 Å². The van der Waals surface area contributed by atoms with Crippen molar-refractivity contribution in [1.82, 2.24) is 9.97 Å². The number of sulfonamides is 1. The molecule has 0 saturated heterocycles. The van der Waals surface area contributed by atoms with Gasteiger partial charge in [-0.2, -0.15) is 0 Å². The summed E-state index contributed by atoms with van der Waals surface area (Å²) in [6.45, 7) is 0. The third-order valence-electron chi connectivity index (χ3n) is 3.41. The van der Waals surface area contributed by atoms with E-state index in [1.165, 1.54) is 30.5 Å². The van der Waals surface area contributed by atoms with Gasteiger partial charge in [-0.3, -0.25) is 9.52 Å². The van der Waals surface area contributed by atoms with E-state index in [1.54, 1.807) is 0 Å². The van der Waals surface area contributed by atoms with Gasteiger partial charge >= 0.3 is 0 Å². The molecule has 2 N–H and O–H groups in total. The molecule has 0 atom stereocenters. The normalized spacial score (nSPS) is 11.0. The lowest BCUT2D eigenvalue weighted by Gasteiger charge is -2.08. The Kier molecular flexibility index (Phi) is 5.69. The number of halogens is 2. The second-order valence-electron chi connectivity index (χ2n) is 5.83. The van der Waals surface area contributed by atoms with Crippen molar-refractivity contribution in [3.63, 3.8) is 0 Å². The van der Waals surface area contributed by atoms with Crippen LogP contribution < -0.4 is 14.8 Å². The van der Waals surface area contributed by atoms with E-state index in [9.17, 15) is 22.0 Å². The summed E-state index contributed by atoms with van der Waals surface area (Å²) in [5, 5.41) is 2.49. The van der Waals surface area contributed by atoms with Crippen molar-refractivity contribution < 1.29 is 26.7 Å². The largest absolute Gasteiger partial charge is 0.434 e. The second kappa shape index (κ2) is 8.19. The van der Waals surface area contributed by atoms with Crippen LogP contribution in [0.1, 0.15) is 10.4 Å². The summed E-state index contributed by atoms with van der Waals surface area (Å²) in [5.41, 5.74) is 0.422. The van der Waals surface area contributed by atoms with Crippen molar-refractivity contribution in [2.75, 3.05) is 16.3 Å². The van der Waals surface area contributed by atoms with Crippen LogP contribution in [0.2, 0.25) is 0 Å². The summed E-state index contributed by atoms with van der Waals surface area (Å²) < 4.78 is 56.5. The van der Waals surface area contributed by atoms with Crippen LogP contribution in [0.4, 0.5) is 20.3 Å². The molecular formula is C18H14F2N4O4S. The van der Waals surface area contributed by atoms with Crippen LogP contribution >= 0.6 is 0 Å². The molecule has 0 bridgehead atoms. The molecule has 0 aliphatic rings. The smallest absolute Gasteiger partial charge is 0.256 e. The van der Waals surface area contributed by atoms with Crippen LogP contribution in [0.3, 0.4) is 0 Å². The molecule has 0 unspecified atom stereocenters. The number of carbonyl (C=O) groups excluding carboxylic acids is 1. The first-order chi connectivity index (χ1) is 13.7. The minimum absolute atomic E-state index is 0.0622. The maximum absolute atomic E-state index is 13.6. The summed E-state index contributed by atoms with van der Waals surface area (Å²) in [4.78, 5) is 20.2. The second-order valence-corrected chi connectivity index (χ2v) is 7.57. The standard InChI is InChI=1S/C18H14F2N4O4S/c1-29(26,27)24-13-4-2-3-11(7-13)18(25)23-16-9-22-17(10-21-16)28-15-6-5-12(19)8-14(15)20/h2-10,24H,1H3,(H,21,23,25). The van der Waals surface area contributed by atoms with Crippen LogP contribution in [0.25, 0.3) is 0 Å². The predicted molar refractivity (Wildman–Crippen MR) is 101 cm³/mol. The van der Waals surface area contributed by atoms with Gasteiger partial charge in [0.25, 0.3) is 5.91 Å². The highest BCUT2D eigenvalue weighted by atomic mass is 32.2. The lowest BCUT2D eigenvalue weighted by atomic mass is 10.2. The average molecular weight is 420 g/mol. The van der Waals surface area contributed by atoms with E-state index < -0.39 is 27.6 Å². The molecule has 11 heteroatoms. The Bertz CT molecular complexity index is 1150. The van der Waals surface area contributed by atoms with E-state index >= 15 is 0 Å². The number of carbonyl (C=O) groups is 1. The fourth-order valence-corrected chi connectivity index (χ4v) is 2.79. The van der Waals surface area contributed by atoms with Gasteiger partial charge in [0.15, 0.2) is 17.4 Å². The molecule has 0 aliphatic heterocycles. The highest BCUT2D eigenvalue weighted by molar-refractivity contribution is 7.92. The zero-order valence-corrected chi connectivity index (χ0v) is 15.7. The molecule has 150 valence electrons. The molecule has 0 radical (unpaired) electrons. The van der Waals surface area contributed by atoms with Gasteiger partial charge in [-0.05, 0) is 30.3 Å². The Morgan fingerprint density at radius 1 is 1.07 bits per heavy atom. The molecule has 3 rings (SSSR count). The molecule has 1 amide bonds. The average Bonchev–Trinajstić information content (AvgIpc) is 2.64. The van der Waals surface area contributed by atoms with Gasteiger partial charge in [-0.15, -0.1) is 0 Å². The molecular weight excluding hydrogens is 406 g/mol. The molecule has 0 spiro atoms. The van der Waals surface area contributed by atoms with Crippen molar-refractivity contribution in [3.8, 4) is 11.6 Å². The van der Waals surface area contributed by atoms with E-state index in [-0.39, 0.29) is 28.7 Å². The minimum atomic E-state index is -3.48. The zero-order chi connectivity index (χ0) is 21.0. The first-order valence-corrected chi connectivity index (χ1v) is 9.93. The van der Waals surface area contributed by atoms with Crippen molar-refractivity contribution in [1.29, 1.82) is 0 Å². The summed E-state index contributed by atoms with van der Waals surface area (Å²) >= 11 is 0. The summed E-state index contributed by atoms with van der Waals surface area (Å²) in [6.07, 6.45) is 3.34. The molecule has 1 aromatic heterocycles. The van der Waals surface area contributed by atoms with Crippen LogP contribution in [0.15, 0.2) is 54.9 Å². The summed E-state index contributed by atoms with van der Waals surface area (Å²) in [5.74, 6) is -2.39. The molecule has 0 saturated carbocycles. The highest BCUT2D eigenvalue weighted by Crippen LogP contribution is 2.23. The fourth-order valence-electron chi connectivity index (χ4n) is 2.23. The number of anilines is 2. The Morgan fingerprint density at radius 3 is 2.52 bits per heavy atom. The number of nitrogens with zero attached hydrogens (tertiary/aromatic N) is 2. The van der Waals surface area contributed by atoms with Crippen molar-refractivity contribution in [3.05, 3.63) is 72.1 Å². The molecule has 1 heterocycles. The Labute approximate surface area is 164 Å². The van der Waals surface area contributed by atoms with E-state index in [0.29, 0.717) is 6.07 Å². The maximum atomic E-state index is 13.6. The third kappa shape index (κ3) is 5.69. The highest BCUT2D eigenvalue weighted by Gasteiger charge is 2.11. The van der Waals surface area contributed by atoms with Crippen LogP contribution in [0.5, 0.6) is 11.6 Å². The van der Waals surface area contributed by atoms with E-state index in [1.807, 2.05) is 0 Å². The Morgan fingerprint density at radius 2 is 1.86 bits per heavy atom. The number of benzene rings is 2. The first kappa shape index (κ1) is 20.1. The van der Waals surface area contributed by atoms with E-state index in [4.69, 9.17) is 4.74 Å². The van der Waals surface area contributed by atoms with Gasteiger partial charge in [0.1, 0.15) is 5.82 Å². The molecule has 3 aromatic rings. The number of aromatic nitrogens is 2. The summed E-state index contributed by atoms with van der Waals surface area (Å²) in [6, 6.07) is 8.68. The predicted octanol–water partition coefficient (Wildman–Crippen LogP) is 3.17. The zero-order valence-electron chi connectivity index (χ0n) is 14.9. The Balaban J connectivity index is 1.68. The topological polar surface area (TPSA) is 110 Å². The Hall–Kier alpha value is -3.60. The summed E-state index contributed by atoms with van der Waals surface area (Å²) in [7, 11) is -3.48. The SMILES string of the molecule is CS(=O)(=O)Nc1cccc(C(=O)Nc2cnc(Oc3ccc(F)cc3F)cn2)c1. The molecule has 29 heavy (non-hydrogen) atoms. The van der Waals surface area contributed by atoms with Gasteiger partial charge in [-0.1, -0.05) is 6.07 Å². The van der Waals surface area contributed by atoms with Gasteiger partial charge in [0.05, 0.1) is 18.6 Å². The molecule has 8 nitrogen and oxygen atoms in total. The number of amides is 1. The van der Waals surface area contributed by atoms with Crippen molar-refractivity contribution >= 4 is 27.4 Å². The maximum Gasteiger partial charge on any atom is 0.256 e. The lowest BCUT2D eigenvalue weighted by molar-refractivity contribution is 0.102. The van der Waals surface area contributed by atoms with Gasteiger partial charge in [0.2, 0.25) is 15.9 Å².